The van der Waals surface area contributed by atoms with Crippen LogP contribution in [-0.2, 0) is 0 Å². The van der Waals surface area contributed by atoms with Crippen LogP contribution in [0.1, 0.15) is 61.8 Å². The molecule has 0 aliphatic heterocycles. The Morgan fingerprint density at radius 2 is 2.07 bits per heavy atom. The largest absolute Gasteiger partial charge is 0.292 e. The molecule has 0 spiro atoms. The standard InChI is InChI=1S/C12H19NOS/c1-8(2)5-6-10(14)11-12(9(3)4)15-7-13-11/h7-9H,5-6H2,1-4H3. The van der Waals surface area contributed by atoms with Gasteiger partial charge < -0.3 is 0 Å². The van der Waals surface area contributed by atoms with E-state index in [2.05, 4.69) is 32.7 Å². The van der Waals surface area contributed by atoms with Crippen molar-refractivity contribution in [1.29, 1.82) is 0 Å². The third kappa shape index (κ3) is 3.42. The number of ketones is 1. The summed E-state index contributed by atoms with van der Waals surface area (Å²) in [4.78, 5) is 17.2. The Kier molecular flexibility index (Phi) is 4.45. The first kappa shape index (κ1) is 12.4. The highest BCUT2D eigenvalue weighted by Gasteiger charge is 2.16. The third-order valence-electron chi connectivity index (χ3n) is 2.33. The van der Waals surface area contributed by atoms with E-state index in [0.717, 1.165) is 11.3 Å². The van der Waals surface area contributed by atoms with E-state index >= 15 is 0 Å². The summed E-state index contributed by atoms with van der Waals surface area (Å²) in [6, 6.07) is 0. The second-order valence-corrected chi connectivity index (χ2v) is 5.46. The zero-order valence-corrected chi connectivity index (χ0v) is 10.7. The van der Waals surface area contributed by atoms with E-state index in [1.54, 1.807) is 16.8 Å². The number of aromatic nitrogens is 1. The van der Waals surface area contributed by atoms with Gasteiger partial charge in [0.05, 0.1) is 5.51 Å². The van der Waals surface area contributed by atoms with Gasteiger partial charge in [-0.3, -0.25) is 4.79 Å². The molecule has 0 amide bonds. The molecule has 3 heteroatoms. The molecule has 0 saturated carbocycles. The van der Waals surface area contributed by atoms with Crippen LogP contribution in [0.4, 0.5) is 0 Å². The van der Waals surface area contributed by atoms with Crippen molar-refractivity contribution < 1.29 is 4.79 Å². The van der Waals surface area contributed by atoms with Crippen LogP contribution < -0.4 is 0 Å². The molecule has 2 nitrogen and oxygen atoms in total. The van der Waals surface area contributed by atoms with Gasteiger partial charge in [-0.25, -0.2) is 4.98 Å². The van der Waals surface area contributed by atoms with E-state index in [9.17, 15) is 4.79 Å². The predicted molar refractivity (Wildman–Crippen MR) is 64.6 cm³/mol. The first-order valence-electron chi connectivity index (χ1n) is 5.49. The summed E-state index contributed by atoms with van der Waals surface area (Å²) in [7, 11) is 0. The molecule has 0 bridgehead atoms. The molecule has 0 unspecified atom stereocenters. The molecular formula is C12H19NOS. The zero-order chi connectivity index (χ0) is 11.4. The average molecular weight is 225 g/mol. The first-order valence-corrected chi connectivity index (χ1v) is 6.37. The van der Waals surface area contributed by atoms with Crippen molar-refractivity contribution in [3.63, 3.8) is 0 Å². The molecule has 0 aromatic carbocycles. The molecule has 1 heterocycles. The van der Waals surface area contributed by atoms with Gasteiger partial charge in [0.1, 0.15) is 5.69 Å². The molecular weight excluding hydrogens is 206 g/mol. The Morgan fingerprint density at radius 3 is 2.60 bits per heavy atom. The van der Waals surface area contributed by atoms with Gasteiger partial charge in [0.25, 0.3) is 0 Å². The third-order valence-corrected chi connectivity index (χ3v) is 3.46. The summed E-state index contributed by atoms with van der Waals surface area (Å²) in [6.07, 6.45) is 1.58. The minimum atomic E-state index is 0.202. The molecule has 0 N–H and O–H groups in total. The van der Waals surface area contributed by atoms with Gasteiger partial charge in [0.15, 0.2) is 5.78 Å². The van der Waals surface area contributed by atoms with Crippen molar-refractivity contribution in [2.75, 3.05) is 0 Å². The van der Waals surface area contributed by atoms with Gasteiger partial charge in [0, 0.05) is 11.3 Å². The lowest BCUT2D eigenvalue weighted by Crippen LogP contribution is -2.05. The van der Waals surface area contributed by atoms with Crippen molar-refractivity contribution in [2.45, 2.75) is 46.5 Å². The second kappa shape index (κ2) is 5.40. The lowest BCUT2D eigenvalue weighted by Gasteiger charge is -2.05. The van der Waals surface area contributed by atoms with Crippen molar-refractivity contribution in [2.24, 2.45) is 5.92 Å². The van der Waals surface area contributed by atoms with Gasteiger partial charge in [-0.05, 0) is 18.3 Å². The summed E-state index contributed by atoms with van der Waals surface area (Å²) in [5.41, 5.74) is 2.48. The van der Waals surface area contributed by atoms with E-state index in [0.29, 0.717) is 24.0 Å². The number of Topliss-reactive ketones (excluding diaryl/α,β-unsaturated/α-hetero) is 1. The highest BCUT2D eigenvalue weighted by Crippen LogP contribution is 2.24. The van der Waals surface area contributed by atoms with Gasteiger partial charge in [0.2, 0.25) is 0 Å². The maximum absolute atomic E-state index is 11.9. The van der Waals surface area contributed by atoms with E-state index in [1.165, 1.54) is 0 Å². The van der Waals surface area contributed by atoms with E-state index in [-0.39, 0.29) is 5.78 Å². The predicted octanol–water partition coefficient (Wildman–Crippen LogP) is 3.89. The zero-order valence-electron chi connectivity index (χ0n) is 9.91. The van der Waals surface area contributed by atoms with Crippen LogP contribution in [0, 0.1) is 5.92 Å². The van der Waals surface area contributed by atoms with Crippen LogP contribution in [0.5, 0.6) is 0 Å². The Hall–Kier alpha value is -0.700. The monoisotopic (exact) mass is 225 g/mol. The number of carbonyl (C=O) groups excluding carboxylic acids is 1. The fourth-order valence-corrected chi connectivity index (χ4v) is 2.23. The smallest absolute Gasteiger partial charge is 0.182 e. The van der Waals surface area contributed by atoms with E-state index in [4.69, 9.17) is 0 Å². The average Bonchev–Trinajstić information content (AvgIpc) is 2.62. The molecule has 1 rings (SSSR count). The number of hydrogen-bond donors (Lipinski definition) is 0. The molecule has 0 radical (unpaired) electrons. The summed E-state index contributed by atoms with van der Waals surface area (Å²) in [6.45, 7) is 8.48. The fraction of sp³-hybridized carbons (Fsp3) is 0.667. The van der Waals surface area contributed by atoms with Gasteiger partial charge >= 0.3 is 0 Å². The molecule has 1 aromatic rings. The highest BCUT2D eigenvalue weighted by atomic mass is 32.1. The number of carbonyl (C=O) groups is 1. The van der Waals surface area contributed by atoms with Crippen LogP contribution >= 0.6 is 11.3 Å². The van der Waals surface area contributed by atoms with Crippen LogP contribution in [0.2, 0.25) is 0 Å². The number of hydrogen-bond acceptors (Lipinski definition) is 3. The summed E-state index contributed by atoms with van der Waals surface area (Å²) in [5.74, 6) is 1.18. The number of thiazole rings is 1. The van der Waals surface area contributed by atoms with Crippen molar-refractivity contribution in [1.82, 2.24) is 4.98 Å². The molecule has 0 atom stereocenters. The Balaban J connectivity index is 2.69. The molecule has 0 saturated heterocycles. The molecule has 15 heavy (non-hydrogen) atoms. The topological polar surface area (TPSA) is 30.0 Å². The minimum Gasteiger partial charge on any atom is -0.292 e. The molecule has 1 aromatic heterocycles. The Labute approximate surface area is 95.7 Å². The van der Waals surface area contributed by atoms with Crippen molar-refractivity contribution >= 4 is 17.1 Å². The maximum Gasteiger partial charge on any atom is 0.182 e. The molecule has 84 valence electrons. The number of nitrogens with zero attached hydrogens (tertiary/aromatic N) is 1. The van der Waals surface area contributed by atoms with Crippen LogP contribution in [0.15, 0.2) is 5.51 Å². The second-order valence-electron chi connectivity index (χ2n) is 4.58. The number of rotatable bonds is 5. The molecule has 0 fully saturated rings. The van der Waals surface area contributed by atoms with Crippen LogP contribution in [0.3, 0.4) is 0 Å². The highest BCUT2D eigenvalue weighted by molar-refractivity contribution is 7.10. The SMILES string of the molecule is CC(C)CCC(=O)c1ncsc1C(C)C. The van der Waals surface area contributed by atoms with Crippen molar-refractivity contribution in [3.05, 3.63) is 16.1 Å². The van der Waals surface area contributed by atoms with Gasteiger partial charge in [-0.2, -0.15) is 0 Å². The van der Waals surface area contributed by atoms with E-state index in [1.807, 2.05) is 0 Å². The summed E-state index contributed by atoms with van der Waals surface area (Å²) < 4.78 is 0. The van der Waals surface area contributed by atoms with Gasteiger partial charge in [-0.1, -0.05) is 27.7 Å². The lowest BCUT2D eigenvalue weighted by molar-refractivity contribution is 0.0970. The Morgan fingerprint density at radius 1 is 1.40 bits per heavy atom. The summed E-state index contributed by atoms with van der Waals surface area (Å²) in [5, 5.41) is 0. The Bertz CT molecular complexity index is 328. The first-order chi connectivity index (χ1) is 7.02. The minimum absolute atomic E-state index is 0.202. The fourth-order valence-electron chi connectivity index (χ4n) is 1.41. The quantitative estimate of drug-likeness (QED) is 0.712. The van der Waals surface area contributed by atoms with Crippen LogP contribution in [0.25, 0.3) is 0 Å². The molecule has 0 aliphatic rings. The summed E-state index contributed by atoms with van der Waals surface area (Å²) >= 11 is 1.59. The maximum atomic E-state index is 11.9. The van der Waals surface area contributed by atoms with Crippen LogP contribution in [-0.4, -0.2) is 10.8 Å². The lowest BCUT2D eigenvalue weighted by atomic mass is 10.0. The molecule has 0 aliphatic carbocycles. The normalized spacial score (nSPS) is 11.3. The van der Waals surface area contributed by atoms with E-state index < -0.39 is 0 Å². The van der Waals surface area contributed by atoms with Crippen molar-refractivity contribution in [3.8, 4) is 0 Å². The van der Waals surface area contributed by atoms with Gasteiger partial charge in [-0.15, -0.1) is 11.3 Å².